The molecule has 0 radical (unpaired) electrons. The molecule has 0 aromatic rings. The molecule has 7 N–H and O–H groups in total. The summed E-state index contributed by atoms with van der Waals surface area (Å²) in [6, 6.07) is 0. The number of rotatable bonds is 39. The predicted octanol–water partition coefficient (Wildman–Crippen LogP) is 6.93. The van der Waals surface area contributed by atoms with E-state index in [0.29, 0.717) is 12.8 Å². The molecule has 0 aliphatic carbocycles. The van der Waals surface area contributed by atoms with Crippen molar-refractivity contribution in [2.24, 2.45) is 0 Å². The van der Waals surface area contributed by atoms with Crippen LogP contribution in [-0.2, 0) is 38.0 Å². The third-order valence-electron chi connectivity index (χ3n) is 12.1. The number of carbonyl (C=O) groups is 2. The molecule has 0 spiro atoms. The van der Waals surface area contributed by atoms with Crippen LogP contribution >= 0.6 is 0 Å². The van der Waals surface area contributed by atoms with Crippen LogP contribution in [0.3, 0.4) is 0 Å². The van der Waals surface area contributed by atoms with Crippen molar-refractivity contribution < 1.29 is 73.8 Å². The summed E-state index contributed by atoms with van der Waals surface area (Å²) in [4.78, 5) is 25.7. The van der Waals surface area contributed by atoms with E-state index < -0.39 is 92.7 Å². The first-order valence-corrected chi connectivity index (χ1v) is 25.6. The molecule has 0 amide bonds. The molecule has 11 unspecified atom stereocenters. The van der Waals surface area contributed by atoms with Gasteiger partial charge in [0, 0.05) is 12.8 Å². The molecule has 0 saturated carbocycles. The Kier molecular flexibility index (Phi) is 35.0. The maximum absolute atomic E-state index is 13.0. The SMILES string of the molecule is CCC/C=C\C/C=C\CCCCCCCC(=O)OC(COC(=O)CCCCCCCCC/C=C\CCCCCCCC)COC1OC(COC2OC(CO)C(O)C(O)C2O)C(O)C(O)C1O. The van der Waals surface area contributed by atoms with Gasteiger partial charge in [0.15, 0.2) is 18.7 Å². The predicted molar refractivity (Wildman–Crippen MR) is 252 cm³/mol. The normalized spacial score (nSPS) is 26.4. The van der Waals surface area contributed by atoms with Gasteiger partial charge in [0.25, 0.3) is 0 Å². The number of unbranched alkanes of at least 4 members (excludes halogenated alkanes) is 19. The molecule has 0 bridgehead atoms. The van der Waals surface area contributed by atoms with Crippen LogP contribution in [0.2, 0.25) is 0 Å². The fraction of sp³-hybridized carbons (Fsp3) is 0.843. The first-order valence-electron chi connectivity index (χ1n) is 25.6. The van der Waals surface area contributed by atoms with Crippen LogP contribution in [0, 0.1) is 0 Å². The average molecular weight is 943 g/mol. The summed E-state index contributed by atoms with van der Waals surface area (Å²) in [5.41, 5.74) is 0. The molecule has 2 saturated heterocycles. The Morgan fingerprint density at radius 2 is 0.939 bits per heavy atom. The van der Waals surface area contributed by atoms with Crippen molar-refractivity contribution in [3.8, 4) is 0 Å². The van der Waals surface area contributed by atoms with Crippen molar-refractivity contribution >= 4 is 11.9 Å². The summed E-state index contributed by atoms with van der Waals surface area (Å²) in [6.07, 6.45) is 23.2. The van der Waals surface area contributed by atoms with Gasteiger partial charge >= 0.3 is 11.9 Å². The molecule has 11 atom stereocenters. The molecule has 2 fully saturated rings. The topological polar surface area (TPSA) is 231 Å². The van der Waals surface area contributed by atoms with Gasteiger partial charge in [-0.1, -0.05) is 140 Å². The molecule has 15 heteroatoms. The zero-order chi connectivity index (χ0) is 48.2. The Labute approximate surface area is 395 Å². The van der Waals surface area contributed by atoms with Crippen LogP contribution in [0.25, 0.3) is 0 Å². The van der Waals surface area contributed by atoms with Crippen molar-refractivity contribution in [1.82, 2.24) is 0 Å². The number of aliphatic hydroxyl groups is 7. The molecule has 2 rings (SSSR count). The number of hydrogen-bond acceptors (Lipinski definition) is 15. The highest BCUT2D eigenvalue weighted by atomic mass is 16.7. The van der Waals surface area contributed by atoms with E-state index in [0.717, 1.165) is 77.0 Å². The monoisotopic (exact) mass is 943 g/mol. The summed E-state index contributed by atoms with van der Waals surface area (Å²) in [6.45, 7) is 2.50. The van der Waals surface area contributed by atoms with E-state index >= 15 is 0 Å². The van der Waals surface area contributed by atoms with Gasteiger partial charge in [-0.2, -0.15) is 0 Å². The van der Waals surface area contributed by atoms with Crippen molar-refractivity contribution in [2.75, 3.05) is 26.4 Å². The second-order valence-electron chi connectivity index (χ2n) is 18.0. The van der Waals surface area contributed by atoms with E-state index in [9.17, 15) is 45.3 Å². The standard InChI is InChI=1S/C51H90O15/c1-3-5-7-9-11-13-15-17-18-19-20-22-23-25-27-29-31-33-42(53)61-36-39(64-43(54)34-32-30-28-26-24-21-16-14-12-10-8-6-4-2)37-62-50-49(60)47(58)45(56)41(66-50)38-63-51-48(59)46(57)44(55)40(35-52)65-51/h8,10,14,16-18,39-41,44-52,55-60H,3-7,9,11-13,15,19-38H2,1-2H3/b10-8-,16-14-,18-17-. The summed E-state index contributed by atoms with van der Waals surface area (Å²) < 4.78 is 33.5. The maximum atomic E-state index is 13.0. The van der Waals surface area contributed by atoms with Gasteiger partial charge in [-0.05, 0) is 64.2 Å². The smallest absolute Gasteiger partial charge is 0.306 e. The lowest BCUT2D eigenvalue weighted by Crippen LogP contribution is -2.61. The van der Waals surface area contributed by atoms with E-state index in [2.05, 4.69) is 50.3 Å². The highest BCUT2D eigenvalue weighted by Crippen LogP contribution is 2.26. The molecule has 2 aliphatic heterocycles. The summed E-state index contributed by atoms with van der Waals surface area (Å²) >= 11 is 0. The highest BCUT2D eigenvalue weighted by molar-refractivity contribution is 5.70. The fourth-order valence-electron chi connectivity index (χ4n) is 7.84. The Bertz CT molecular complexity index is 1290. The lowest BCUT2D eigenvalue weighted by Gasteiger charge is -2.42. The number of allylic oxidation sites excluding steroid dienone is 6. The van der Waals surface area contributed by atoms with Gasteiger partial charge < -0.3 is 64.2 Å². The minimum atomic E-state index is -1.77. The van der Waals surface area contributed by atoms with E-state index in [-0.39, 0.29) is 26.1 Å². The summed E-state index contributed by atoms with van der Waals surface area (Å²) in [5, 5.41) is 72.0. The Hall–Kier alpha value is -2.28. The molecule has 66 heavy (non-hydrogen) atoms. The first-order chi connectivity index (χ1) is 32.0. The summed E-state index contributed by atoms with van der Waals surface area (Å²) in [5.74, 6) is -0.946. The Morgan fingerprint density at radius 3 is 1.48 bits per heavy atom. The number of esters is 2. The van der Waals surface area contributed by atoms with E-state index in [4.69, 9.17) is 28.4 Å². The third-order valence-corrected chi connectivity index (χ3v) is 12.1. The lowest BCUT2D eigenvalue weighted by atomic mass is 9.98. The van der Waals surface area contributed by atoms with Crippen LogP contribution in [0.1, 0.15) is 181 Å². The third kappa shape index (κ3) is 26.5. The second kappa shape index (κ2) is 38.6. The Balaban J connectivity index is 1.81. The largest absolute Gasteiger partial charge is 0.462 e. The van der Waals surface area contributed by atoms with Crippen LogP contribution in [0.4, 0.5) is 0 Å². The minimum Gasteiger partial charge on any atom is -0.462 e. The lowest BCUT2D eigenvalue weighted by molar-refractivity contribution is -0.332. The van der Waals surface area contributed by atoms with Crippen LogP contribution in [0.15, 0.2) is 36.5 Å². The molecule has 2 aliphatic rings. The fourth-order valence-corrected chi connectivity index (χ4v) is 7.84. The van der Waals surface area contributed by atoms with E-state index in [1.54, 1.807) is 0 Å². The summed E-state index contributed by atoms with van der Waals surface area (Å²) in [7, 11) is 0. The quantitative estimate of drug-likeness (QED) is 0.0188. The number of carbonyl (C=O) groups excluding carboxylic acids is 2. The van der Waals surface area contributed by atoms with Crippen molar-refractivity contribution in [1.29, 1.82) is 0 Å². The number of ether oxygens (including phenoxy) is 6. The molecule has 0 aromatic heterocycles. The average Bonchev–Trinajstić information content (AvgIpc) is 3.31. The Morgan fingerprint density at radius 1 is 0.485 bits per heavy atom. The molecule has 384 valence electrons. The number of aliphatic hydroxyl groups excluding tert-OH is 7. The van der Waals surface area contributed by atoms with Gasteiger partial charge in [-0.15, -0.1) is 0 Å². The highest BCUT2D eigenvalue weighted by Gasteiger charge is 2.47. The molecule has 2 heterocycles. The zero-order valence-electron chi connectivity index (χ0n) is 40.4. The van der Waals surface area contributed by atoms with Crippen LogP contribution < -0.4 is 0 Å². The number of hydrogen-bond donors (Lipinski definition) is 7. The second-order valence-corrected chi connectivity index (χ2v) is 18.0. The van der Waals surface area contributed by atoms with Crippen LogP contribution in [0.5, 0.6) is 0 Å². The van der Waals surface area contributed by atoms with Gasteiger partial charge in [0.1, 0.15) is 55.4 Å². The van der Waals surface area contributed by atoms with Gasteiger partial charge in [0.05, 0.1) is 19.8 Å². The van der Waals surface area contributed by atoms with Crippen LogP contribution in [-0.4, -0.2) is 142 Å². The minimum absolute atomic E-state index is 0.148. The van der Waals surface area contributed by atoms with Crippen molar-refractivity contribution in [2.45, 2.75) is 248 Å². The zero-order valence-corrected chi connectivity index (χ0v) is 40.4. The van der Waals surface area contributed by atoms with E-state index in [1.165, 1.54) is 64.2 Å². The first kappa shape index (κ1) is 59.8. The molecule has 0 aromatic carbocycles. The molecular formula is C51H90O15. The molecular weight excluding hydrogens is 853 g/mol. The van der Waals surface area contributed by atoms with E-state index in [1.807, 2.05) is 0 Å². The maximum Gasteiger partial charge on any atom is 0.306 e. The van der Waals surface area contributed by atoms with Gasteiger partial charge in [0.2, 0.25) is 0 Å². The van der Waals surface area contributed by atoms with Gasteiger partial charge in [-0.3, -0.25) is 9.59 Å². The molecule has 15 nitrogen and oxygen atoms in total. The van der Waals surface area contributed by atoms with Crippen molar-refractivity contribution in [3.05, 3.63) is 36.5 Å². The van der Waals surface area contributed by atoms with Crippen molar-refractivity contribution in [3.63, 3.8) is 0 Å². The van der Waals surface area contributed by atoms with Gasteiger partial charge in [-0.25, -0.2) is 0 Å².